The van der Waals surface area contributed by atoms with E-state index in [9.17, 15) is 4.79 Å². The quantitative estimate of drug-likeness (QED) is 0.495. The van der Waals surface area contributed by atoms with E-state index in [1.54, 1.807) is 18.3 Å². The summed E-state index contributed by atoms with van der Waals surface area (Å²) in [6, 6.07) is 18.2. The molecule has 6 heteroatoms. The van der Waals surface area contributed by atoms with Crippen molar-refractivity contribution in [1.29, 1.82) is 0 Å². The van der Waals surface area contributed by atoms with Crippen molar-refractivity contribution < 1.29 is 9.21 Å². The number of carbonyl (C=O) groups excluding carboxylic acids is 1. The van der Waals surface area contributed by atoms with Crippen molar-refractivity contribution >= 4 is 17.2 Å². The van der Waals surface area contributed by atoms with Crippen LogP contribution in [0.2, 0.25) is 0 Å². The van der Waals surface area contributed by atoms with Gasteiger partial charge in [-0.15, -0.1) is 21.5 Å². The zero-order valence-electron chi connectivity index (χ0n) is 16.3. The van der Waals surface area contributed by atoms with Gasteiger partial charge in [-0.05, 0) is 52.8 Å². The molecule has 0 radical (unpaired) electrons. The molecule has 0 aliphatic carbocycles. The molecule has 1 amide bonds. The highest BCUT2D eigenvalue weighted by atomic mass is 32.1. The largest absolute Gasteiger partial charge is 0.421 e. The van der Waals surface area contributed by atoms with Crippen LogP contribution >= 0.6 is 11.3 Å². The molecule has 2 heterocycles. The summed E-state index contributed by atoms with van der Waals surface area (Å²) in [5.74, 6) is 1.09. The summed E-state index contributed by atoms with van der Waals surface area (Å²) < 4.78 is 5.55. The Morgan fingerprint density at radius 3 is 2.52 bits per heavy atom. The van der Waals surface area contributed by atoms with Crippen molar-refractivity contribution in [2.24, 2.45) is 0 Å². The Bertz CT molecular complexity index is 1120. The van der Waals surface area contributed by atoms with Gasteiger partial charge in [0.15, 0.2) is 0 Å². The number of nitrogens with one attached hydrogen (secondary N) is 1. The summed E-state index contributed by atoms with van der Waals surface area (Å²) in [5, 5.41) is 13.0. The molecule has 0 saturated heterocycles. The Kier molecular flexibility index (Phi) is 5.53. The van der Waals surface area contributed by atoms with Crippen molar-refractivity contribution in [3.63, 3.8) is 0 Å². The maximum atomic E-state index is 12.2. The van der Waals surface area contributed by atoms with Gasteiger partial charge >= 0.3 is 0 Å². The second kappa shape index (κ2) is 8.41. The van der Waals surface area contributed by atoms with E-state index in [0.29, 0.717) is 24.7 Å². The van der Waals surface area contributed by atoms with Gasteiger partial charge in [0.25, 0.3) is 0 Å². The fourth-order valence-corrected chi connectivity index (χ4v) is 3.77. The third-order valence-corrected chi connectivity index (χ3v) is 5.56. The van der Waals surface area contributed by atoms with Crippen molar-refractivity contribution in [3.8, 4) is 22.6 Å². The van der Waals surface area contributed by atoms with Crippen molar-refractivity contribution in [2.45, 2.75) is 26.8 Å². The lowest BCUT2D eigenvalue weighted by Gasteiger charge is -2.09. The van der Waals surface area contributed by atoms with Crippen LogP contribution in [0, 0.1) is 13.8 Å². The molecule has 4 rings (SSSR count). The molecule has 0 aliphatic rings. The molecule has 1 N–H and O–H groups in total. The summed E-state index contributed by atoms with van der Waals surface area (Å²) >= 11 is 1.64. The fraction of sp³-hybridized carbons (Fsp3) is 0.174. The van der Waals surface area contributed by atoms with Crippen molar-refractivity contribution in [1.82, 2.24) is 15.5 Å². The van der Waals surface area contributed by atoms with Crippen LogP contribution in [0.1, 0.15) is 21.9 Å². The molecule has 0 saturated carbocycles. The number of nitrogens with zero attached hydrogens (tertiary/aromatic N) is 2. The lowest BCUT2D eigenvalue weighted by molar-refractivity contribution is -0.120. The Labute approximate surface area is 173 Å². The first-order valence-corrected chi connectivity index (χ1v) is 10.3. The second-order valence-electron chi connectivity index (χ2n) is 6.89. The third kappa shape index (κ3) is 4.60. The summed E-state index contributed by atoms with van der Waals surface area (Å²) in [5.41, 5.74) is 5.23. The van der Waals surface area contributed by atoms with E-state index in [1.807, 2.05) is 47.8 Å². The van der Waals surface area contributed by atoms with Crippen LogP contribution in [0.5, 0.6) is 0 Å². The Hall–Kier alpha value is -3.25. The van der Waals surface area contributed by atoms with Crippen LogP contribution in [0.4, 0.5) is 0 Å². The number of aryl methyl sites for hydroxylation is 2. The minimum Gasteiger partial charge on any atom is -0.421 e. The third-order valence-electron chi connectivity index (χ3n) is 4.68. The predicted octanol–water partition coefficient (Wildman–Crippen LogP) is 4.94. The van der Waals surface area contributed by atoms with E-state index in [-0.39, 0.29) is 5.91 Å². The van der Waals surface area contributed by atoms with Gasteiger partial charge in [-0.25, -0.2) is 0 Å². The lowest BCUT2D eigenvalue weighted by Crippen LogP contribution is -2.24. The van der Waals surface area contributed by atoms with Gasteiger partial charge in [0, 0.05) is 17.4 Å². The standard InChI is InChI=1S/C23H21N3O2S/c1-15-5-8-19(23-26-25-16(2)28-23)13-21(15)18-9-6-17(7-10-18)12-22(27)24-14-20-4-3-11-29-20/h3-11,13H,12,14H2,1-2H3,(H,24,27). The molecule has 146 valence electrons. The molecule has 0 bridgehead atoms. The van der Waals surface area contributed by atoms with Crippen LogP contribution in [0.15, 0.2) is 64.4 Å². The monoisotopic (exact) mass is 403 g/mol. The Balaban J connectivity index is 1.46. The van der Waals surface area contributed by atoms with Crippen LogP contribution in [0.3, 0.4) is 0 Å². The SMILES string of the molecule is Cc1nnc(-c2ccc(C)c(-c3ccc(CC(=O)NCc4cccs4)cc3)c2)o1. The maximum absolute atomic E-state index is 12.2. The summed E-state index contributed by atoms with van der Waals surface area (Å²) in [6.45, 7) is 4.43. The molecule has 2 aromatic heterocycles. The van der Waals surface area contributed by atoms with Crippen molar-refractivity contribution in [3.05, 3.63) is 81.9 Å². The average Bonchev–Trinajstić information content (AvgIpc) is 3.39. The molecule has 5 nitrogen and oxygen atoms in total. The highest BCUT2D eigenvalue weighted by molar-refractivity contribution is 7.09. The molecule has 0 fully saturated rings. The summed E-state index contributed by atoms with van der Waals surface area (Å²) in [7, 11) is 0. The number of amides is 1. The minimum atomic E-state index is 0.0242. The number of rotatable bonds is 6. The van der Waals surface area contributed by atoms with Crippen molar-refractivity contribution in [2.75, 3.05) is 0 Å². The number of thiophene rings is 1. The molecule has 0 atom stereocenters. The zero-order valence-corrected chi connectivity index (χ0v) is 17.1. The number of benzene rings is 2. The van der Waals surface area contributed by atoms with E-state index in [1.165, 1.54) is 0 Å². The minimum absolute atomic E-state index is 0.0242. The first-order chi connectivity index (χ1) is 14.1. The molecule has 2 aromatic carbocycles. The summed E-state index contributed by atoms with van der Waals surface area (Å²) in [4.78, 5) is 13.3. The average molecular weight is 404 g/mol. The van der Waals surface area contributed by atoms with Gasteiger partial charge in [0.1, 0.15) is 0 Å². The Morgan fingerprint density at radius 2 is 1.83 bits per heavy atom. The highest BCUT2D eigenvalue weighted by Crippen LogP contribution is 2.29. The number of hydrogen-bond donors (Lipinski definition) is 1. The molecular formula is C23H21N3O2S. The van der Waals surface area contributed by atoms with E-state index >= 15 is 0 Å². The van der Waals surface area contributed by atoms with E-state index in [4.69, 9.17) is 4.42 Å². The van der Waals surface area contributed by atoms with Crippen LogP contribution in [-0.2, 0) is 17.8 Å². The fourth-order valence-electron chi connectivity index (χ4n) is 3.13. The van der Waals surface area contributed by atoms with Gasteiger partial charge in [-0.2, -0.15) is 0 Å². The van der Waals surface area contributed by atoms with Crippen LogP contribution in [0.25, 0.3) is 22.6 Å². The number of aromatic nitrogens is 2. The molecule has 0 aliphatic heterocycles. The van der Waals surface area contributed by atoms with Gasteiger partial charge in [0.2, 0.25) is 17.7 Å². The topological polar surface area (TPSA) is 68.0 Å². The number of hydrogen-bond acceptors (Lipinski definition) is 5. The summed E-state index contributed by atoms with van der Waals surface area (Å²) in [6.07, 6.45) is 0.367. The first-order valence-electron chi connectivity index (χ1n) is 9.38. The second-order valence-corrected chi connectivity index (χ2v) is 7.92. The lowest BCUT2D eigenvalue weighted by atomic mass is 9.96. The number of carbonyl (C=O) groups is 1. The van der Waals surface area contributed by atoms with Gasteiger partial charge in [-0.1, -0.05) is 36.4 Å². The zero-order chi connectivity index (χ0) is 20.2. The van der Waals surface area contributed by atoms with Gasteiger partial charge < -0.3 is 9.73 Å². The van der Waals surface area contributed by atoms with Crippen LogP contribution in [-0.4, -0.2) is 16.1 Å². The predicted molar refractivity (Wildman–Crippen MR) is 115 cm³/mol. The van der Waals surface area contributed by atoms with Gasteiger partial charge in [0.05, 0.1) is 13.0 Å². The molecule has 0 spiro atoms. The van der Waals surface area contributed by atoms with E-state index in [0.717, 1.165) is 32.7 Å². The van der Waals surface area contributed by atoms with Crippen LogP contribution < -0.4 is 5.32 Å². The molecular weight excluding hydrogens is 382 g/mol. The maximum Gasteiger partial charge on any atom is 0.247 e. The normalized spacial score (nSPS) is 10.8. The molecule has 4 aromatic rings. The van der Waals surface area contributed by atoms with E-state index < -0.39 is 0 Å². The smallest absolute Gasteiger partial charge is 0.247 e. The van der Waals surface area contributed by atoms with Gasteiger partial charge in [-0.3, -0.25) is 4.79 Å². The first kappa shape index (κ1) is 19.1. The molecule has 0 unspecified atom stereocenters. The Morgan fingerprint density at radius 1 is 1.03 bits per heavy atom. The highest BCUT2D eigenvalue weighted by Gasteiger charge is 2.10. The van der Waals surface area contributed by atoms with E-state index in [2.05, 4.69) is 34.6 Å². The molecule has 29 heavy (non-hydrogen) atoms.